The van der Waals surface area contributed by atoms with Gasteiger partial charge in [0.15, 0.2) is 5.82 Å². The number of nitrogens with two attached hydrogens (primary N) is 1. The molecule has 2 N–H and O–H groups in total. The van der Waals surface area contributed by atoms with Crippen LogP contribution >= 0.6 is 0 Å². The van der Waals surface area contributed by atoms with Crippen LogP contribution < -0.4 is 5.73 Å². The molecule has 0 unspecified atom stereocenters. The molecule has 0 atom stereocenters. The molecule has 108 valence electrons. The fraction of sp³-hybridized carbons (Fsp3) is 0.500. The lowest BCUT2D eigenvalue weighted by Crippen LogP contribution is -2.07. The summed E-state index contributed by atoms with van der Waals surface area (Å²) in [5.74, 6) is 0.752. The van der Waals surface area contributed by atoms with Gasteiger partial charge in [-0.2, -0.15) is 0 Å². The van der Waals surface area contributed by atoms with Gasteiger partial charge < -0.3 is 10.5 Å². The van der Waals surface area contributed by atoms with Crippen molar-refractivity contribution in [3.63, 3.8) is 0 Å². The molecule has 1 aromatic carbocycles. The number of hydrogen-bond donors (Lipinski definition) is 1. The molecule has 20 heavy (non-hydrogen) atoms. The lowest BCUT2D eigenvalue weighted by molar-refractivity contribution is 0.0753. The Hall–Kier alpha value is -1.95. The minimum absolute atomic E-state index is 0.283. The normalized spacial score (nSPS) is 11.2. The minimum Gasteiger partial charge on any atom is -0.399 e. The number of hydrogen-bond acceptors (Lipinski definition) is 5. The molecule has 0 fully saturated rings. The molecule has 0 radical (unpaired) electrons. The molecule has 6 heteroatoms. The van der Waals surface area contributed by atoms with E-state index in [-0.39, 0.29) is 6.10 Å². The molecule has 0 bridgehead atoms. The monoisotopic (exact) mass is 275 g/mol. The summed E-state index contributed by atoms with van der Waals surface area (Å²) in [5.41, 5.74) is 7.44. The third-order valence-corrected chi connectivity index (χ3v) is 2.89. The third-order valence-electron chi connectivity index (χ3n) is 2.89. The van der Waals surface area contributed by atoms with E-state index >= 15 is 0 Å². The number of ether oxygens (including phenoxy) is 1. The molecule has 1 heterocycles. The van der Waals surface area contributed by atoms with E-state index in [9.17, 15) is 0 Å². The van der Waals surface area contributed by atoms with Gasteiger partial charge in [0.1, 0.15) is 0 Å². The van der Waals surface area contributed by atoms with Gasteiger partial charge in [-0.1, -0.05) is 12.1 Å². The van der Waals surface area contributed by atoms with Gasteiger partial charge in [-0.3, -0.25) is 0 Å². The van der Waals surface area contributed by atoms with Gasteiger partial charge in [0, 0.05) is 24.4 Å². The molecule has 2 aromatic rings. The quantitative estimate of drug-likeness (QED) is 0.618. The largest absolute Gasteiger partial charge is 0.399 e. The molecule has 0 amide bonds. The van der Waals surface area contributed by atoms with Crippen LogP contribution in [-0.4, -0.2) is 32.9 Å². The van der Waals surface area contributed by atoms with Crippen LogP contribution in [0.25, 0.3) is 11.4 Å². The molecule has 1 aromatic heterocycles. The number of aryl methyl sites for hydroxylation is 1. The Morgan fingerprint density at radius 2 is 2.15 bits per heavy atom. The molecular formula is C14H21N5O. The number of rotatable bonds is 7. The number of aromatic nitrogens is 4. The van der Waals surface area contributed by atoms with Gasteiger partial charge in [0.25, 0.3) is 0 Å². The molecule has 0 aliphatic carbocycles. The van der Waals surface area contributed by atoms with Crippen LogP contribution in [0.1, 0.15) is 26.7 Å². The summed E-state index contributed by atoms with van der Waals surface area (Å²) in [5, 5.41) is 11.8. The zero-order valence-electron chi connectivity index (χ0n) is 12.0. The Bertz CT molecular complexity index is 538. The second-order valence-corrected chi connectivity index (χ2v) is 4.98. The van der Waals surface area contributed by atoms with Crippen LogP contribution in [0.3, 0.4) is 0 Å². The van der Waals surface area contributed by atoms with Crippen molar-refractivity contribution in [1.82, 2.24) is 20.2 Å². The maximum atomic E-state index is 5.79. The highest BCUT2D eigenvalue weighted by atomic mass is 16.5. The highest BCUT2D eigenvalue weighted by molar-refractivity contribution is 5.60. The first-order chi connectivity index (χ1) is 9.66. The molecule has 2 rings (SSSR count). The zero-order valence-corrected chi connectivity index (χ0v) is 12.0. The van der Waals surface area contributed by atoms with E-state index < -0.39 is 0 Å². The van der Waals surface area contributed by atoms with Crippen molar-refractivity contribution in [2.24, 2.45) is 0 Å². The van der Waals surface area contributed by atoms with E-state index in [4.69, 9.17) is 10.5 Å². The molecular weight excluding hydrogens is 254 g/mol. The van der Waals surface area contributed by atoms with Crippen molar-refractivity contribution in [2.75, 3.05) is 12.3 Å². The summed E-state index contributed by atoms with van der Waals surface area (Å²) in [6.07, 6.45) is 2.26. The second-order valence-electron chi connectivity index (χ2n) is 4.98. The molecule has 0 saturated carbocycles. The maximum absolute atomic E-state index is 5.79. The maximum Gasteiger partial charge on any atom is 0.182 e. The fourth-order valence-electron chi connectivity index (χ4n) is 1.92. The number of benzene rings is 1. The summed E-state index contributed by atoms with van der Waals surface area (Å²) >= 11 is 0. The Morgan fingerprint density at radius 3 is 2.90 bits per heavy atom. The average molecular weight is 275 g/mol. The summed E-state index contributed by atoms with van der Waals surface area (Å²) in [4.78, 5) is 0. The van der Waals surface area contributed by atoms with Crippen LogP contribution in [0, 0.1) is 0 Å². The van der Waals surface area contributed by atoms with Crippen molar-refractivity contribution in [3.8, 4) is 11.4 Å². The first-order valence-electron chi connectivity index (χ1n) is 6.90. The standard InChI is InChI=1S/C14H21N5O/c1-11(2)20-9-4-3-8-19-14(16-17-18-19)12-6-5-7-13(15)10-12/h5-7,10-11H,3-4,8-9,15H2,1-2H3. The van der Waals surface area contributed by atoms with Gasteiger partial charge in [-0.25, -0.2) is 4.68 Å². The van der Waals surface area contributed by atoms with Crippen LogP contribution in [0.4, 0.5) is 5.69 Å². The average Bonchev–Trinajstić information content (AvgIpc) is 2.86. The predicted octanol–water partition coefficient (Wildman–Crippen LogP) is 2.13. The van der Waals surface area contributed by atoms with Crippen molar-refractivity contribution in [2.45, 2.75) is 39.3 Å². The number of nitrogens with zero attached hydrogens (tertiary/aromatic N) is 4. The Morgan fingerprint density at radius 1 is 1.30 bits per heavy atom. The number of nitrogen functional groups attached to an aromatic ring is 1. The SMILES string of the molecule is CC(C)OCCCCn1nnnc1-c1cccc(N)c1. The van der Waals surface area contributed by atoms with Crippen molar-refractivity contribution in [1.29, 1.82) is 0 Å². The van der Waals surface area contributed by atoms with Crippen LogP contribution in [0.2, 0.25) is 0 Å². The van der Waals surface area contributed by atoms with E-state index in [1.807, 2.05) is 42.8 Å². The topological polar surface area (TPSA) is 78.8 Å². The predicted molar refractivity (Wildman–Crippen MR) is 78.0 cm³/mol. The molecule has 0 aliphatic rings. The van der Waals surface area contributed by atoms with Crippen molar-refractivity contribution in [3.05, 3.63) is 24.3 Å². The van der Waals surface area contributed by atoms with E-state index in [1.165, 1.54) is 0 Å². The molecule has 0 saturated heterocycles. The number of anilines is 1. The number of tetrazole rings is 1. The Labute approximate surface area is 118 Å². The fourth-order valence-corrected chi connectivity index (χ4v) is 1.92. The summed E-state index contributed by atoms with van der Waals surface area (Å²) in [6, 6.07) is 7.59. The van der Waals surface area contributed by atoms with Crippen molar-refractivity contribution < 1.29 is 4.74 Å². The molecule has 0 spiro atoms. The smallest absolute Gasteiger partial charge is 0.182 e. The van der Waals surface area contributed by atoms with Gasteiger partial charge in [-0.05, 0) is 49.2 Å². The van der Waals surface area contributed by atoms with E-state index in [0.717, 1.165) is 37.4 Å². The second kappa shape index (κ2) is 7.00. The highest BCUT2D eigenvalue weighted by Gasteiger charge is 2.08. The van der Waals surface area contributed by atoms with Crippen LogP contribution in [0.5, 0.6) is 0 Å². The number of unbranched alkanes of at least 4 members (excludes halogenated alkanes) is 1. The lowest BCUT2D eigenvalue weighted by Gasteiger charge is -2.08. The lowest BCUT2D eigenvalue weighted by atomic mass is 10.2. The summed E-state index contributed by atoms with van der Waals surface area (Å²) < 4.78 is 7.32. The summed E-state index contributed by atoms with van der Waals surface area (Å²) in [6.45, 7) is 5.63. The van der Waals surface area contributed by atoms with E-state index in [2.05, 4.69) is 15.5 Å². The first kappa shape index (κ1) is 14.5. The van der Waals surface area contributed by atoms with Gasteiger partial charge in [0.2, 0.25) is 0 Å². The van der Waals surface area contributed by atoms with E-state index in [0.29, 0.717) is 5.69 Å². The summed E-state index contributed by atoms with van der Waals surface area (Å²) in [7, 11) is 0. The van der Waals surface area contributed by atoms with Gasteiger partial charge in [-0.15, -0.1) is 5.10 Å². The molecule has 0 aliphatic heterocycles. The minimum atomic E-state index is 0.283. The molecule has 6 nitrogen and oxygen atoms in total. The highest BCUT2D eigenvalue weighted by Crippen LogP contribution is 2.18. The Kier molecular flexibility index (Phi) is 5.06. The Balaban J connectivity index is 1.92. The first-order valence-corrected chi connectivity index (χ1v) is 6.90. The van der Waals surface area contributed by atoms with Gasteiger partial charge >= 0.3 is 0 Å². The van der Waals surface area contributed by atoms with Crippen LogP contribution in [0.15, 0.2) is 24.3 Å². The zero-order chi connectivity index (χ0) is 14.4. The van der Waals surface area contributed by atoms with Crippen molar-refractivity contribution >= 4 is 5.69 Å². The van der Waals surface area contributed by atoms with Crippen LogP contribution in [-0.2, 0) is 11.3 Å². The third kappa shape index (κ3) is 4.03. The van der Waals surface area contributed by atoms with E-state index in [1.54, 1.807) is 0 Å². The van der Waals surface area contributed by atoms with Gasteiger partial charge in [0.05, 0.1) is 6.10 Å².